The largest absolute Gasteiger partial charge is 0.377 e. The fourth-order valence-electron chi connectivity index (χ4n) is 2.65. The molecule has 2 atom stereocenters. The van der Waals surface area contributed by atoms with E-state index in [1.807, 2.05) is 6.07 Å². The second kappa shape index (κ2) is 7.04. The van der Waals surface area contributed by atoms with Crippen molar-refractivity contribution in [3.8, 4) is 0 Å². The second-order valence-electron chi connectivity index (χ2n) is 5.35. The number of hydrogen-bond donors (Lipinski definition) is 2. The maximum absolute atomic E-state index is 11.1. The number of nitrogens with one attached hydrogen (secondary N) is 2. The molecule has 2 unspecified atom stereocenters. The molecule has 0 saturated carbocycles. The summed E-state index contributed by atoms with van der Waals surface area (Å²) in [7, 11) is 0. The summed E-state index contributed by atoms with van der Waals surface area (Å²) in [5, 5.41) is 17.8. The van der Waals surface area contributed by atoms with Crippen LogP contribution in [0.15, 0.2) is 22.7 Å². The zero-order valence-corrected chi connectivity index (χ0v) is 13.1. The molecule has 1 aliphatic heterocycles. The van der Waals surface area contributed by atoms with Crippen LogP contribution in [0.2, 0.25) is 0 Å². The van der Waals surface area contributed by atoms with Gasteiger partial charge in [0.25, 0.3) is 5.69 Å². The van der Waals surface area contributed by atoms with E-state index in [1.54, 1.807) is 6.07 Å². The van der Waals surface area contributed by atoms with Crippen molar-refractivity contribution in [3.05, 3.63) is 32.8 Å². The summed E-state index contributed by atoms with van der Waals surface area (Å²) >= 11 is 3.27. The molecular weight excluding hydrogens is 322 g/mol. The quantitative estimate of drug-likeness (QED) is 0.633. The molecule has 20 heavy (non-hydrogen) atoms. The standard InChI is InChI=1S/C14H20BrN3O2/c1-10(8-12-4-2-3-7-16-12)17-13-6-5-11(15)9-14(13)18(19)20/h5-6,9-10,12,16-17H,2-4,7-8H2,1H3. The summed E-state index contributed by atoms with van der Waals surface area (Å²) in [6.07, 6.45) is 4.68. The lowest BCUT2D eigenvalue weighted by Crippen LogP contribution is -2.37. The predicted octanol–water partition coefficient (Wildman–Crippen LogP) is 3.69. The van der Waals surface area contributed by atoms with Crippen molar-refractivity contribution in [2.24, 2.45) is 0 Å². The molecule has 2 rings (SSSR count). The van der Waals surface area contributed by atoms with E-state index in [0.29, 0.717) is 11.7 Å². The average molecular weight is 342 g/mol. The van der Waals surface area contributed by atoms with E-state index in [-0.39, 0.29) is 16.7 Å². The van der Waals surface area contributed by atoms with E-state index in [4.69, 9.17) is 0 Å². The van der Waals surface area contributed by atoms with Gasteiger partial charge in [0.1, 0.15) is 5.69 Å². The summed E-state index contributed by atoms with van der Waals surface area (Å²) < 4.78 is 0.719. The summed E-state index contributed by atoms with van der Waals surface area (Å²) in [5.41, 5.74) is 0.698. The van der Waals surface area contributed by atoms with E-state index in [9.17, 15) is 10.1 Å². The summed E-state index contributed by atoms with van der Waals surface area (Å²) in [6.45, 7) is 3.15. The zero-order valence-electron chi connectivity index (χ0n) is 11.6. The number of nitro groups is 1. The fourth-order valence-corrected chi connectivity index (χ4v) is 3.00. The number of benzene rings is 1. The van der Waals surface area contributed by atoms with Crippen molar-refractivity contribution in [3.63, 3.8) is 0 Å². The van der Waals surface area contributed by atoms with Gasteiger partial charge in [-0.2, -0.15) is 0 Å². The van der Waals surface area contributed by atoms with Crippen molar-refractivity contribution in [1.29, 1.82) is 0 Å². The molecule has 1 fully saturated rings. The van der Waals surface area contributed by atoms with Crippen molar-refractivity contribution >= 4 is 27.3 Å². The minimum Gasteiger partial charge on any atom is -0.377 e. The first-order valence-electron chi connectivity index (χ1n) is 7.00. The Balaban J connectivity index is 1.99. The first kappa shape index (κ1) is 15.3. The molecule has 1 saturated heterocycles. The zero-order chi connectivity index (χ0) is 14.5. The van der Waals surface area contributed by atoms with Crippen LogP contribution in [0.1, 0.15) is 32.6 Å². The van der Waals surface area contributed by atoms with Gasteiger partial charge < -0.3 is 10.6 Å². The van der Waals surface area contributed by atoms with Gasteiger partial charge >= 0.3 is 0 Å². The predicted molar refractivity (Wildman–Crippen MR) is 84.1 cm³/mol. The first-order chi connectivity index (χ1) is 9.56. The molecule has 1 aromatic carbocycles. The Labute approximate surface area is 127 Å². The normalized spacial score (nSPS) is 20.4. The molecule has 110 valence electrons. The lowest BCUT2D eigenvalue weighted by atomic mass is 9.98. The Morgan fingerprint density at radius 2 is 2.35 bits per heavy atom. The average Bonchev–Trinajstić information content (AvgIpc) is 2.41. The highest BCUT2D eigenvalue weighted by atomic mass is 79.9. The molecule has 1 aliphatic rings. The Bertz CT molecular complexity index is 475. The Morgan fingerprint density at radius 1 is 1.55 bits per heavy atom. The summed E-state index contributed by atoms with van der Waals surface area (Å²) in [6, 6.07) is 5.83. The van der Waals surface area contributed by atoms with Crippen LogP contribution in [0.25, 0.3) is 0 Å². The fraction of sp³-hybridized carbons (Fsp3) is 0.571. The Kier molecular flexibility index (Phi) is 5.37. The highest BCUT2D eigenvalue weighted by Crippen LogP contribution is 2.29. The first-order valence-corrected chi connectivity index (χ1v) is 7.79. The van der Waals surface area contributed by atoms with Gasteiger partial charge in [0.15, 0.2) is 0 Å². The van der Waals surface area contributed by atoms with Gasteiger partial charge in [0.2, 0.25) is 0 Å². The molecule has 0 aliphatic carbocycles. The molecule has 0 aromatic heterocycles. The molecule has 0 bridgehead atoms. The van der Waals surface area contributed by atoms with Gasteiger partial charge in [-0.05, 0) is 44.9 Å². The van der Waals surface area contributed by atoms with Crippen LogP contribution in [0.5, 0.6) is 0 Å². The third kappa shape index (κ3) is 4.18. The molecule has 0 spiro atoms. The number of anilines is 1. The van der Waals surface area contributed by atoms with Crippen LogP contribution in [-0.2, 0) is 0 Å². The number of nitrogens with zero attached hydrogens (tertiary/aromatic N) is 1. The number of rotatable bonds is 5. The topological polar surface area (TPSA) is 67.2 Å². The highest BCUT2D eigenvalue weighted by molar-refractivity contribution is 9.10. The minimum absolute atomic E-state index is 0.114. The number of nitro benzene ring substituents is 1. The SMILES string of the molecule is CC(CC1CCCCN1)Nc1ccc(Br)cc1[N+](=O)[O-]. The van der Waals surface area contributed by atoms with Gasteiger partial charge in [0, 0.05) is 22.6 Å². The van der Waals surface area contributed by atoms with E-state index >= 15 is 0 Å². The van der Waals surface area contributed by atoms with Crippen molar-refractivity contribution in [1.82, 2.24) is 5.32 Å². The van der Waals surface area contributed by atoms with Crippen LogP contribution in [0.3, 0.4) is 0 Å². The smallest absolute Gasteiger partial charge is 0.293 e. The van der Waals surface area contributed by atoms with Gasteiger partial charge in [-0.25, -0.2) is 0 Å². The molecule has 5 nitrogen and oxygen atoms in total. The van der Waals surface area contributed by atoms with E-state index < -0.39 is 0 Å². The molecule has 0 amide bonds. The Morgan fingerprint density at radius 3 is 3.00 bits per heavy atom. The van der Waals surface area contributed by atoms with Gasteiger partial charge in [-0.15, -0.1) is 0 Å². The van der Waals surface area contributed by atoms with Gasteiger partial charge in [0.05, 0.1) is 4.92 Å². The van der Waals surface area contributed by atoms with Crippen LogP contribution in [0, 0.1) is 10.1 Å². The third-order valence-corrected chi connectivity index (χ3v) is 4.10. The molecular formula is C14H20BrN3O2. The van der Waals surface area contributed by atoms with E-state index in [0.717, 1.165) is 17.4 Å². The summed E-state index contributed by atoms with van der Waals surface area (Å²) in [4.78, 5) is 10.7. The van der Waals surface area contributed by atoms with Gasteiger partial charge in [-0.1, -0.05) is 22.4 Å². The van der Waals surface area contributed by atoms with Crippen LogP contribution in [0.4, 0.5) is 11.4 Å². The van der Waals surface area contributed by atoms with Crippen molar-refractivity contribution in [2.75, 3.05) is 11.9 Å². The lowest BCUT2D eigenvalue weighted by molar-refractivity contribution is -0.384. The van der Waals surface area contributed by atoms with Gasteiger partial charge in [-0.3, -0.25) is 10.1 Å². The highest BCUT2D eigenvalue weighted by Gasteiger charge is 2.19. The van der Waals surface area contributed by atoms with E-state index in [1.165, 1.54) is 25.3 Å². The molecule has 1 heterocycles. The number of halogens is 1. The maximum atomic E-state index is 11.1. The van der Waals surface area contributed by atoms with Crippen molar-refractivity contribution in [2.45, 2.75) is 44.7 Å². The van der Waals surface area contributed by atoms with E-state index in [2.05, 4.69) is 33.5 Å². The summed E-state index contributed by atoms with van der Waals surface area (Å²) in [5.74, 6) is 0. The lowest BCUT2D eigenvalue weighted by Gasteiger charge is -2.27. The monoisotopic (exact) mass is 341 g/mol. The second-order valence-corrected chi connectivity index (χ2v) is 6.26. The molecule has 1 aromatic rings. The van der Waals surface area contributed by atoms with Crippen molar-refractivity contribution < 1.29 is 4.92 Å². The maximum Gasteiger partial charge on any atom is 0.293 e. The van der Waals surface area contributed by atoms with Crippen LogP contribution >= 0.6 is 15.9 Å². The van der Waals surface area contributed by atoms with Crippen LogP contribution in [-0.4, -0.2) is 23.6 Å². The number of piperidine rings is 1. The Hall–Kier alpha value is -1.14. The molecule has 0 radical (unpaired) electrons. The molecule has 2 N–H and O–H groups in total. The van der Waals surface area contributed by atoms with Crippen LogP contribution < -0.4 is 10.6 Å². The minimum atomic E-state index is -0.349. The number of hydrogen-bond acceptors (Lipinski definition) is 4. The third-order valence-electron chi connectivity index (χ3n) is 3.61. The molecule has 6 heteroatoms.